The van der Waals surface area contributed by atoms with Crippen LogP contribution in [0.25, 0.3) is 0 Å². The number of ether oxygens (including phenoxy) is 1. The van der Waals surface area contributed by atoms with E-state index in [1.165, 1.54) is 10.9 Å². The molecule has 0 bridgehead atoms. The highest BCUT2D eigenvalue weighted by Gasteiger charge is 2.23. The standard InChI is InChI=1S/C9H16ClN3O3S/c1-7(4-5-16-3)12-17(14,15)9-8(10)13(2)6-11-9/h6-7,12H,4-5H2,1-3H3. The van der Waals surface area contributed by atoms with Crippen molar-refractivity contribution in [3.63, 3.8) is 0 Å². The SMILES string of the molecule is COCCC(C)NS(=O)(=O)c1ncn(C)c1Cl. The second kappa shape index (κ2) is 5.81. The van der Waals surface area contributed by atoms with Crippen molar-refractivity contribution in [3.8, 4) is 0 Å². The lowest BCUT2D eigenvalue weighted by atomic mass is 10.3. The molecule has 98 valence electrons. The monoisotopic (exact) mass is 281 g/mol. The van der Waals surface area contributed by atoms with Gasteiger partial charge < -0.3 is 9.30 Å². The Morgan fingerprint density at radius 3 is 2.76 bits per heavy atom. The van der Waals surface area contributed by atoms with Gasteiger partial charge in [-0.15, -0.1) is 0 Å². The average molecular weight is 282 g/mol. The van der Waals surface area contributed by atoms with Crippen LogP contribution in [0.3, 0.4) is 0 Å². The minimum Gasteiger partial charge on any atom is -0.385 e. The molecule has 1 heterocycles. The van der Waals surface area contributed by atoms with E-state index in [1.807, 2.05) is 0 Å². The van der Waals surface area contributed by atoms with E-state index in [0.717, 1.165) is 0 Å². The zero-order chi connectivity index (χ0) is 13.1. The normalized spacial score (nSPS) is 13.9. The van der Waals surface area contributed by atoms with Crippen LogP contribution in [0.5, 0.6) is 0 Å². The maximum Gasteiger partial charge on any atom is 0.261 e. The highest BCUT2D eigenvalue weighted by atomic mass is 35.5. The van der Waals surface area contributed by atoms with Crippen LogP contribution in [0.2, 0.25) is 5.15 Å². The van der Waals surface area contributed by atoms with Gasteiger partial charge in [0.2, 0.25) is 5.03 Å². The van der Waals surface area contributed by atoms with Crippen LogP contribution in [0.1, 0.15) is 13.3 Å². The van der Waals surface area contributed by atoms with Crippen LogP contribution in [-0.2, 0) is 21.8 Å². The molecule has 8 heteroatoms. The lowest BCUT2D eigenvalue weighted by molar-refractivity contribution is 0.188. The molecule has 0 amide bonds. The number of imidazole rings is 1. The van der Waals surface area contributed by atoms with E-state index in [2.05, 4.69) is 9.71 Å². The molecule has 1 rings (SSSR count). The average Bonchev–Trinajstić information content (AvgIpc) is 2.56. The lowest BCUT2D eigenvalue weighted by Gasteiger charge is -2.12. The van der Waals surface area contributed by atoms with E-state index in [1.54, 1.807) is 21.1 Å². The molecule has 0 aliphatic heterocycles. The van der Waals surface area contributed by atoms with Gasteiger partial charge in [0.05, 0.1) is 6.33 Å². The molecule has 1 atom stereocenters. The summed E-state index contributed by atoms with van der Waals surface area (Å²) in [5, 5.41) is -0.0534. The Morgan fingerprint density at radius 1 is 1.65 bits per heavy atom. The molecule has 0 aliphatic carbocycles. The maximum atomic E-state index is 11.9. The molecule has 1 N–H and O–H groups in total. The molecule has 0 fully saturated rings. The fourth-order valence-electron chi connectivity index (χ4n) is 1.25. The molecule has 0 saturated carbocycles. The summed E-state index contributed by atoms with van der Waals surface area (Å²) in [6.07, 6.45) is 1.94. The van der Waals surface area contributed by atoms with Crippen molar-refractivity contribution in [2.45, 2.75) is 24.4 Å². The number of hydrogen-bond acceptors (Lipinski definition) is 4. The predicted molar refractivity (Wildman–Crippen MR) is 64.5 cm³/mol. The zero-order valence-electron chi connectivity index (χ0n) is 9.97. The maximum absolute atomic E-state index is 11.9. The van der Waals surface area contributed by atoms with Gasteiger partial charge >= 0.3 is 0 Å². The van der Waals surface area contributed by atoms with Gasteiger partial charge in [-0.2, -0.15) is 0 Å². The Bertz CT molecular complexity index is 472. The van der Waals surface area contributed by atoms with E-state index in [9.17, 15) is 8.42 Å². The summed E-state index contributed by atoms with van der Waals surface area (Å²) in [7, 11) is -0.475. The molecular formula is C9H16ClN3O3S. The van der Waals surface area contributed by atoms with Gasteiger partial charge in [0.15, 0.2) is 0 Å². The van der Waals surface area contributed by atoms with Gasteiger partial charge in [-0.05, 0) is 13.3 Å². The van der Waals surface area contributed by atoms with Gasteiger partial charge in [0.25, 0.3) is 10.0 Å². The number of methoxy groups -OCH3 is 1. The molecule has 0 aliphatic rings. The van der Waals surface area contributed by atoms with Gasteiger partial charge in [-0.1, -0.05) is 11.6 Å². The molecule has 0 aromatic carbocycles. The number of sulfonamides is 1. The Morgan fingerprint density at radius 2 is 2.29 bits per heavy atom. The number of nitrogens with zero attached hydrogens (tertiary/aromatic N) is 2. The van der Waals surface area contributed by atoms with Crippen molar-refractivity contribution in [1.29, 1.82) is 0 Å². The van der Waals surface area contributed by atoms with Crippen molar-refractivity contribution in [2.75, 3.05) is 13.7 Å². The fraction of sp³-hybridized carbons (Fsp3) is 0.667. The molecule has 0 radical (unpaired) electrons. The summed E-state index contributed by atoms with van der Waals surface area (Å²) in [4.78, 5) is 3.77. The van der Waals surface area contributed by atoms with E-state index >= 15 is 0 Å². The number of halogens is 1. The smallest absolute Gasteiger partial charge is 0.261 e. The van der Waals surface area contributed by atoms with E-state index < -0.39 is 10.0 Å². The van der Waals surface area contributed by atoms with Crippen LogP contribution in [-0.4, -0.2) is 37.7 Å². The topological polar surface area (TPSA) is 73.2 Å². The van der Waals surface area contributed by atoms with Crippen LogP contribution in [0.4, 0.5) is 0 Å². The predicted octanol–water partition coefficient (Wildman–Crippen LogP) is 0.777. The Hall–Kier alpha value is -0.630. The number of aromatic nitrogens is 2. The Kier molecular flexibility index (Phi) is 4.93. The van der Waals surface area contributed by atoms with Gasteiger partial charge in [0, 0.05) is 26.8 Å². The number of rotatable bonds is 6. The molecular weight excluding hydrogens is 266 g/mol. The Labute approximate surface area is 106 Å². The van der Waals surface area contributed by atoms with Crippen molar-refractivity contribution in [3.05, 3.63) is 11.5 Å². The minimum absolute atomic E-state index is 0.0939. The fourth-order valence-corrected chi connectivity index (χ4v) is 2.96. The third kappa shape index (κ3) is 3.67. The van der Waals surface area contributed by atoms with Crippen LogP contribution in [0, 0.1) is 0 Å². The lowest BCUT2D eigenvalue weighted by Crippen LogP contribution is -2.33. The molecule has 1 aromatic heterocycles. The third-order valence-corrected chi connectivity index (χ3v) is 4.28. The first kappa shape index (κ1) is 14.4. The molecule has 6 nitrogen and oxygen atoms in total. The molecule has 1 unspecified atom stereocenters. The summed E-state index contributed by atoms with van der Waals surface area (Å²) < 4.78 is 32.7. The molecule has 0 spiro atoms. The highest BCUT2D eigenvalue weighted by molar-refractivity contribution is 7.89. The molecule has 17 heavy (non-hydrogen) atoms. The van der Waals surface area contributed by atoms with Gasteiger partial charge in [0.1, 0.15) is 5.15 Å². The van der Waals surface area contributed by atoms with E-state index in [0.29, 0.717) is 13.0 Å². The van der Waals surface area contributed by atoms with E-state index in [-0.39, 0.29) is 16.2 Å². The quantitative estimate of drug-likeness (QED) is 0.836. The summed E-state index contributed by atoms with van der Waals surface area (Å²) in [5.41, 5.74) is 0. The number of aryl methyl sites for hydroxylation is 1. The first-order valence-electron chi connectivity index (χ1n) is 5.06. The van der Waals surface area contributed by atoms with Crippen molar-refractivity contribution < 1.29 is 13.2 Å². The zero-order valence-corrected chi connectivity index (χ0v) is 11.5. The van der Waals surface area contributed by atoms with Gasteiger partial charge in [-0.3, -0.25) is 0 Å². The summed E-state index contributed by atoms with van der Waals surface area (Å²) in [6, 6.07) is -0.238. The van der Waals surface area contributed by atoms with Crippen LogP contribution >= 0.6 is 11.6 Å². The van der Waals surface area contributed by atoms with Crippen molar-refractivity contribution in [2.24, 2.45) is 7.05 Å². The van der Waals surface area contributed by atoms with Crippen LogP contribution in [0.15, 0.2) is 11.4 Å². The second-order valence-electron chi connectivity index (χ2n) is 3.76. The largest absolute Gasteiger partial charge is 0.385 e. The first-order chi connectivity index (χ1) is 7.88. The minimum atomic E-state index is -3.67. The summed E-state index contributed by atoms with van der Waals surface area (Å²) in [6.45, 7) is 2.24. The van der Waals surface area contributed by atoms with E-state index in [4.69, 9.17) is 16.3 Å². The second-order valence-corrected chi connectivity index (χ2v) is 5.74. The van der Waals surface area contributed by atoms with Gasteiger partial charge in [-0.25, -0.2) is 18.1 Å². The Balaban J connectivity index is 2.79. The first-order valence-corrected chi connectivity index (χ1v) is 6.92. The highest BCUT2D eigenvalue weighted by Crippen LogP contribution is 2.18. The number of hydrogen-bond donors (Lipinski definition) is 1. The third-order valence-electron chi connectivity index (χ3n) is 2.20. The summed E-state index contributed by atoms with van der Waals surface area (Å²) in [5.74, 6) is 0. The van der Waals surface area contributed by atoms with Crippen LogP contribution < -0.4 is 4.72 Å². The number of nitrogens with one attached hydrogen (secondary N) is 1. The summed E-state index contributed by atoms with van der Waals surface area (Å²) >= 11 is 5.84. The molecule has 0 saturated heterocycles. The van der Waals surface area contributed by atoms with Crippen molar-refractivity contribution >= 4 is 21.6 Å². The van der Waals surface area contributed by atoms with Crippen molar-refractivity contribution in [1.82, 2.24) is 14.3 Å². The molecule has 1 aromatic rings.